The van der Waals surface area contributed by atoms with Crippen molar-refractivity contribution in [1.82, 2.24) is 4.72 Å². The summed E-state index contributed by atoms with van der Waals surface area (Å²) < 4.78 is 33.7. The van der Waals surface area contributed by atoms with Crippen LogP contribution in [0.25, 0.3) is 0 Å². The number of hydrogen-bond donors (Lipinski definition) is 1. The third-order valence-electron chi connectivity index (χ3n) is 3.14. The van der Waals surface area contributed by atoms with E-state index < -0.39 is 16.0 Å². The fourth-order valence-electron chi connectivity index (χ4n) is 2.01. The standard InChI is InChI=1S/C17H17Br2NO4S/c1-11(2)20-25(22,23)14-7-8-16(19)15(9-14)17(21)24-10-12-3-5-13(18)6-4-12/h3-9,11,20H,10H2,1-2H3. The topological polar surface area (TPSA) is 72.5 Å². The summed E-state index contributed by atoms with van der Waals surface area (Å²) in [4.78, 5) is 12.3. The van der Waals surface area contributed by atoms with Gasteiger partial charge in [-0.05, 0) is 65.7 Å². The third-order valence-corrected chi connectivity index (χ3v) is 6.02. The lowest BCUT2D eigenvalue weighted by Crippen LogP contribution is -2.30. The Morgan fingerprint density at radius 2 is 1.76 bits per heavy atom. The molecule has 0 amide bonds. The van der Waals surface area contributed by atoms with Crippen molar-refractivity contribution in [3.8, 4) is 0 Å². The van der Waals surface area contributed by atoms with Crippen LogP contribution >= 0.6 is 31.9 Å². The average molecular weight is 491 g/mol. The van der Waals surface area contributed by atoms with Crippen molar-refractivity contribution in [1.29, 1.82) is 0 Å². The zero-order valence-electron chi connectivity index (χ0n) is 13.6. The van der Waals surface area contributed by atoms with Crippen molar-refractivity contribution >= 4 is 47.9 Å². The van der Waals surface area contributed by atoms with E-state index in [0.29, 0.717) is 4.47 Å². The molecule has 0 heterocycles. The second-order valence-corrected chi connectivity index (χ2v) is 9.10. The van der Waals surface area contributed by atoms with Crippen LogP contribution in [0.3, 0.4) is 0 Å². The Morgan fingerprint density at radius 3 is 2.36 bits per heavy atom. The quantitative estimate of drug-likeness (QED) is 0.614. The zero-order valence-corrected chi connectivity index (χ0v) is 17.6. The molecule has 1 N–H and O–H groups in total. The number of halogens is 2. The fraction of sp³-hybridized carbons (Fsp3) is 0.235. The highest BCUT2D eigenvalue weighted by molar-refractivity contribution is 9.10. The second-order valence-electron chi connectivity index (χ2n) is 5.62. The van der Waals surface area contributed by atoms with Crippen LogP contribution in [0, 0.1) is 0 Å². The third kappa shape index (κ3) is 5.64. The highest BCUT2D eigenvalue weighted by Crippen LogP contribution is 2.23. The van der Waals surface area contributed by atoms with Crippen LogP contribution < -0.4 is 4.72 Å². The van der Waals surface area contributed by atoms with E-state index in [0.717, 1.165) is 10.0 Å². The molecular weight excluding hydrogens is 474 g/mol. The molecule has 0 atom stereocenters. The van der Waals surface area contributed by atoms with Gasteiger partial charge in [0.15, 0.2) is 0 Å². The normalized spacial score (nSPS) is 11.6. The van der Waals surface area contributed by atoms with Gasteiger partial charge in [-0.15, -0.1) is 0 Å². The first-order valence-corrected chi connectivity index (χ1v) is 10.5. The molecule has 0 spiro atoms. The van der Waals surface area contributed by atoms with Crippen molar-refractivity contribution in [2.75, 3.05) is 0 Å². The van der Waals surface area contributed by atoms with Gasteiger partial charge in [-0.2, -0.15) is 0 Å². The van der Waals surface area contributed by atoms with Gasteiger partial charge in [0, 0.05) is 15.0 Å². The first-order valence-electron chi connectivity index (χ1n) is 7.42. The number of carbonyl (C=O) groups excluding carboxylic acids is 1. The SMILES string of the molecule is CC(C)NS(=O)(=O)c1ccc(Br)c(C(=O)OCc2ccc(Br)cc2)c1. The van der Waals surface area contributed by atoms with E-state index in [2.05, 4.69) is 36.6 Å². The van der Waals surface area contributed by atoms with Crippen LogP contribution in [-0.4, -0.2) is 20.4 Å². The van der Waals surface area contributed by atoms with Crippen LogP contribution in [0.5, 0.6) is 0 Å². The summed E-state index contributed by atoms with van der Waals surface area (Å²) >= 11 is 6.60. The molecule has 0 aliphatic carbocycles. The Labute approximate surface area is 164 Å². The lowest BCUT2D eigenvalue weighted by molar-refractivity contribution is 0.0471. The predicted molar refractivity (Wildman–Crippen MR) is 103 cm³/mol. The maximum atomic E-state index is 12.3. The van der Waals surface area contributed by atoms with Crippen molar-refractivity contribution in [2.45, 2.75) is 31.4 Å². The maximum Gasteiger partial charge on any atom is 0.339 e. The molecule has 5 nitrogen and oxygen atoms in total. The molecule has 0 radical (unpaired) electrons. The lowest BCUT2D eigenvalue weighted by atomic mass is 10.2. The van der Waals surface area contributed by atoms with E-state index in [4.69, 9.17) is 4.74 Å². The van der Waals surface area contributed by atoms with E-state index in [9.17, 15) is 13.2 Å². The number of esters is 1. The lowest BCUT2D eigenvalue weighted by Gasteiger charge is -2.12. The molecule has 0 bridgehead atoms. The minimum Gasteiger partial charge on any atom is -0.457 e. The number of nitrogens with one attached hydrogen (secondary N) is 1. The van der Waals surface area contributed by atoms with Crippen LogP contribution in [0.4, 0.5) is 0 Å². The van der Waals surface area contributed by atoms with E-state index in [1.165, 1.54) is 18.2 Å². The van der Waals surface area contributed by atoms with Gasteiger partial charge in [0.25, 0.3) is 0 Å². The molecule has 2 rings (SSSR count). The number of carbonyl (C=O) groups is 1. The summed E-state index contributed by atoms with van der Waals surface area (Å²) in [6.45, 7) is 3.55. The van der Waals surface area contributed by atoms with E-state index in [-0.39, 0.29) is 23.1 Å². The van der Waals surface area contributed by atoms with Crippen LogP contribution in [0.2, 0.25) is 0 Å². The molecule has 0 fully saturated rings. The molecule has 0 aliphatic rings. The van der Waals surface area contributed by atoms with Crippen LogP contribution in [0.1, 0.15) is 29.8 Å². The van der Waals surface area contributed by atoms with Crippen molar-refractivity contribution in [2.24, 2.45) is 0 Å². The minimum atomic E-state index is -3.69. The van der Waals surface area contributed by atoms with Crippen LogP contribution in [0.15, 0.2) is 56.3 Å². The first-order chi connectivity index (χ1) is 11.7. The van der Waals surface area contributed by atoms with Gasteiger partial charge >= 0.3 is 5.97 Å². The van der Waals surface area contributed by atoms with E-state index in [1.807, 2.05) is 24.3 Å². The van der Waals surface area contributed by atoms with Gasteiger partial charge in [0.2, 0.25) is 10.0 Å². The summed E-state index contributed by atoms with van der Waals surface area (Å²) in [6, 6.07) is 11.4. The summed E-state index contributed by atoms with van der Waals surface area (Å²) in [5, 5.41) is 0. The summed E-state index contributed by atoms with van der Waals surface area (Å²) in [5.74, 6) is -0.601. The van der Waals surface area contributed by atoms with Crippen molar-refractivity contribution in [3.63, 3.8) is 0 Å². The Kier molecular flexibility index (Phi) is 6.79. The molecular formula is C17H17Br2NO4S. The van der Waals surface area contributed by atoms with E-state index >= 15 is 0 Å². The van der Waals surface area contributed by atoms with Gasteiger partial charge in [-0.25, -0.2) is 17.9 Å². The van der Waals surface area contributed by atoms with Gasteiger partial charge in [0.05, 0.1) is 10.5 Å². The molecule has 0 saturated heterocycles. The Hall–Kier alpha value is -1.22. The smallest absolute Gasteiger partial charge is 0.339 e. The number of ether oxygens (including phenoxy) is 1. The molecule has 0 saturated carbocycles. The summed E-state index contributed by atoms with van der Waals surface area (Å²) in [5.41, 5.74) is 0.988. The number of benzene rings is 2. The number of hydrogen-bond acceptors (Lipinski definition) is 4. The Bertz CT molecular complexity index is 865. The molecule has 0 aromatic heterocycles. The van der Waals surface area contributed by atoms with E-state index in [1.54, 1.807) is 13.8 Å². The number of sulfonamides is 1. The Balaban J connectivity index is 2.19. The highest BCUT2D eigenvalue weighted by Gasteiger charge is 2.20. The van der Waals surface area contributed by atoms with Gasteiger partial charge in [0.1, 0.15) is 6.61 Å². The molecule has 2 aromatic rings. The molecule has 0 aliphatic heterocycles. The molecule has 0 unspecified atom stereocenters. The van der Waals surface area contributed by atoms with Gasteiger partial charge in [-0.3, -0.25) is 0 Å². The van der Waals surface area contributed by atoms with Gasteiger partial charge < -0.3 is 4.74 Å². The highest BCUT2D eigenvalue weighted by atomic mass is 79.9. The molecule has 8 heteroatoms. The summed E-state index contributed by atoms with van der Waals surface area (Å²) in [6.07, 6.45) is 0. The maximum absolute atomic E-state index is 12.3. The fourth-order valence-corrected chi connectivity index (χ4v) is 3.96. The largest absolute Gasteiger partial charge is 0.457 e. The molecule has 2 aromatic carbocycles. The molecule has 25 heavy (non-hydrogen) atoms. The van der Waals surface area contributed by atoms with Crippen molar-refractivity contribution < 1.29 is 17.9 Å². The minimum absolute atomic E-state index is 0.0139. The Morgan fingerprint density at radius 1 is 1.12 bits per heavy atom. The predicted octanol–water partition coefficient (Wildman–Crippen LogP) is 4.26. The van der Waals surface area contributed by atoms with Crippen LogP contribution in [-0.2, 0) is 21.4 Å². The first kappa shape index (κ1) is 20.1. The second kappa shape index (κ2) is 8.44. The zero-order chi connectivity index (χ0) is 18.6. The number of rotatable bonds is 6. The average Bonchev–Trinajstić information content (AvgIpc) is 2.53. The van der Waals surface area contributed by atoms with Gasteiger partial charge in [-0.1, -0.05) is 28.1 Å². The van der Waals surface area contributed by atoms with Crippen molar-refractivity contribution in [3.05, 3.63) is 62.5 Å². The summed E-state index contributed by atoms with van der Waals surface area (Å²) in [7, 11) is -3.69. The molecule has 134 valence electrons. The monoisotopic (exact) mass is 489 g/mol.